The van der Waals surface area contributed by atoms with Crippen molar-refractivity contribution >= 4 is 23.5 Å². The molecule has 3 amide bonds. The smallest absolute Gasteiger partial charge is 0.325 e. The molecular weight excluding hydrogens is 268 g/mol. The van der Waals surface area contributed by atoms with Gasteiger partial charge in [-0.2, -0.15) is 0 Å². The molecule has 0 spiro atoms. The Balaban J connectivity index is 2.41. The first-order valence-corrected chi connectivity index (χ1v) is 6.44. The Morgan fingerprint density at radius 2 is 1.95 bits per heavy atom. The second-order valence-corrected chi connectivity index (χ2v) is 4.81. The highest BCUT2D eigenvalue weighted by molar-refractivity contribution is 6.30. The maximum atomic E-state index is 12.4. The second kappa shape index (κ2) is 5.19. The van der Waals surface area contributed by atoms with E-state index >= 15 is 0 Å². The summed E-state index contributed by atoms with van der Waals surface area (Å²) in [5.41, 5.74) is -0.366. The van der Waals surface area contributed by atoms with Crippen LogP contribution in [0.5, 0.6) is 0 Å². The lowest BCUT2D eigenvalue weighted by molar-refractivity contribution is -0.132. The molecule has 1 fully saturated rings. The molecule has 1 saturated heterocycles. The highest BCUT2D eigenvalue weighted by Crippen LogP contribution is 2.32. The number of rotatable bonds is 4. The third-order valence-corrected chi connectivity index (χ3v) is 3.62. The monoisotopic (exact) mass is 282 g/mol. The van der Waals surface area contributed by atoms with Gasteiger partial charge in [-0.15, -0.1) is 0 Å². The third-order valence-electron chi connectivity index (χ3n) is 3.37. The van der Waals surface area contributed by atoms with Gasteiger partial charge in [0, 0.05) is 5.02 Å². The molecule has 0 aromatic heterocycles. The van der Waals surface area contributed by atoms with Gasteiger partial charge in [0.15, 0.2) is 0 Å². The van der Waals surface area contributed by atoms with Gasteiger partial charge >= 0.3 is 6.03 Å². The minimum absolute atomic E-state index is 0.00000636. The van der Waals surface area contributed by atoms with Crippen LogP contribution in [0.1, 0.15) is 18.9 Å². The Hall–Kier alpha value is -1.59. The van der Waals surface area contributed by atoms with Crippen LogP contribution in [0.3, 0.4) is 0 Å². The summed E-state index contributed by atoms with van der Waals surface area (Å²) in [7, 11) is 0. The lowest BCUT2D eigenvalue weighted by Gasteiger charge is -2.25. The Morgan fingerprint density at radius 3 is 2.47 bits per heavy atom. The minimum Gasteiger partial charge on any atom is -0.395 e. The Bertz CT molecular complexity index is 503. The third kappa shape index (κ3) is 2.19. The van der Waals surface area contributed by atoms with Crippen LogP contribution in [-0.4, -0.2) is 35.1 Å². The number of carbonyl (C=O) groups is 2. The molecule has 1 heterocycles. The summed E-state index contributed by atoms with van der Waals surface area (Å²) in [6, 6.07) is 6.35. The van der Waals surface area contributed by atoms with E-state index in [4.69, 9.17) is 16.7 Å². The topological polar surface area (TPSA) is 69.6 Å². The number of carbonyl (C=O) groups excluding carboxylic acids is 2. The average Bonchev–Trinajstić information content (AvgIpc) is 2.65. The molecule has 6 heteroatoms. The van der Waals surface area contributed by atoms with Gasteiger partial charge < -0.3 is 10.4 Å². The van der Waals surface area contributed by atoms with Crippen LogP contribution in [0, 0.1) is 0 Å². The molecule has 19 heavy (non-hydrogen) atoms. The number of aliphatic hydroxyl groups excluding tert-OH is 1. The van der Waals surface area contributed by atoms with Crippen LogP contribution in [0.25, 0.3) is 0 Å². The highest BCUT2D eigenvalue weighted by atomic mass is 35.5. The second-order valence-electron chi connectivity index (χ2n) is 4.38. The summed E-state index contributed by atoms with van der Waals surface area (Å²) >= 11 is 5.83. The summed E-state index contributed by atoms with van der Waals surface area (Å²) in [6.07, 6.45) is 0.432. The molecule has 2 N–H and O–H groups in total. The van der Waals surface area contributed by atoms with E-state index in [1.54, 1.807) is 24.3 Å². The van der Waals surface area contributed by atoms with Gasteiger partial charge in [-0.05, 0) is 24.1 Å². The zero-order valence-corrected chi connectivity index (χ0v) is 11.3. The van der Waals surface area contributed by atoms with Crippen LogP contribution in [0.4, 0.5) is 4.79 Å². The van der Waals surface area contributed by atoms with E-state index in [1.807, 2.05) is 6.92 Å². The van der Waals surface area contributed by atoms with Crippen molar-refractivity contribution in [3.8, 4) is 0 Å². The summed E-state index contributed by atoms with van der Waals surface area (Å²) < 4.78 is 0. The van der Waals surface area contributed by atoms with Crippen LogP contribution < -0.4 is 5.32 Å². The molecule has 1 aromatic rings. The van der Waals surface area contributed by atoms with Crippen molar-refractivity contribution in [2.75, 3.05) is 13.2 Å². The van der Waals surface area contributed by atoms with Gasteiger partial charge in [0.1, 0.15) is 5.54 Å². The predicted octanol–water partition coefficient (Wildman–Crippen LogP) is 1.49. The van der Waals surface area contributed by atoms with Crippen LogP contribution in [0.15, 0.2) is 24.3 Å². The molecule has 1 aliphatic heterocycles. The summed E-state index contributed by atoms with van der Waals surface area (Å²) in [6.45, 7) is 1.58. The lowest BCUT2D eigenvalue weighted by atomic mass is 9.87. The number of hydrogen-bond acceptors (Lipinski definition) is 3. The van der Waals surface area contributed by atoms with Crippen molar-refractivity contribution in [1.82, 2.24) is 10.2 Å². The number of urea groups is 1. The van der Waals surface area contributed by atoms with E-state index in [0.717, 1.165) is 4.90 Å². The molecular formula is C13H15ClN2O3. The molecule has 0 aliphatic carbocycles. The fraction of sp³-hybridized carbons (Fsp3) is 0.385. The number of hydrogen-bond donors (Lipinski definition) is 2. The average molecular weight is 283 g/mol. The highest BCUT2D eigenvalue weighted by Gasteiger charge is 2.50. The normalized spacial score (nSPS) is 22.8. The molecule has 0 saturated carbocycles. The summed E-state index contributed by atoms with van der Waals surface area (Å²) in [5, 5.41) is 12.2. The zero-order valence-electron chi connectivity index (χ0n) is 10.5. The van der Waals surface area contributed by atoms with Gasteiger partial charge in [-0.3, -0.25) is 9.69 Å². The van der Waals surface area contributed by atoms with Gasteiger partial charge in [0.25, 0.3) is 5.91 Å². The molecule has 0 radical (unpaired) electrons. The van der Waals surface area contributed by atoms with E-state index in [0.29, 0.717) is 17.0 Å². The van der Waals surface area contributed by atoms with Crippen molar-refractivity contribution in [3.05, 3.63) is 34.9 Å². The van der Waals surface area contributed by atoms with E-state index in [-0.39, 0.29) is 19.1 Å². The van der Waals surface area contributed by atoms with Crippen molar-refractivity contribution in [1.29, 1.82) is 0 Å². The number of imide groups is 1. The van der Waals surface area contributed by atoms with Gasteiger partial charge in [0.05, 0.1) is 13.2 Å². The Labute approximate surface area is 116 Å². The fourth-order valence-electron chi connectivity index (χ4n) is 2.30. The van der Waals surface area contributed by atoms with Crippen LogP contribution in [0.2, 0.25) is 5.02 Å². The maximum Gasteiger partial charge on any atom is 0.325 e. The fourth-order valence-corrected chi connectivity index (χ4v) is 2.43. The largest absolute Gasteiger partial charge is 0.395 e. The first-order chi connectivity index (χ1) is 9.05. The van der Waals surface area contributed by atoms with Crippen molar-refractivity contribution in [2.24, 2.45) is 0 Å². The molecule has 5 nitrogen and oxygen atoms in total. The SMILES string of the molecule is CC[C@]1(c2ccc(Cl)cc2)NC(=O)N(CCO)C1=O. The molecule has 0 unspecified atom stereocenters. The number of amides is 3. The minimum atomic E-state index is -1.06. The predicted molar refractivity (Wildman–Crippen MR) is 70.8 cm³/mol. The number of β-amino-alcohol motifs (C(OH)–C–C–N with tert-alkyl or cyclic N) is 1. The molecule has 2 rings (SSSR count). The Kier molecular flexibility index (Phi) is 3.78. The number of aliphatic hydroxyl groups is 1. The number of nitrogens with zero attached hydrogens (tertiary/aromatic N) is 1. The molecule has 102 valence electrons. The lowest BCUT2D eigenvalue weighted by Crippen LogP contribution is -2.43. The number of halogens is 1. The van der Waals surface area contributed by atoms with Gasteiger partial charge in [-0.1, -0.05) is 30.7 Å². The summed E-state index contributed by atoms with van der Waals surface area (Å²) in [5.74, 6) is -0.337. The van der Waals surface area contributed by atoms with Crippen LogP contribution in [-0.2, 0) is 10.3 Å². The van der Waals surface area contributed by atoms with E-state index in [9.17, 15) is 9.59 Å². The maximum absolute atomic E-state index is 12.4. The molecule has 1 aliphatic rings. The Morgan fingerprint density at radius 1 is 1.32 bits per heavy atom. The first kappa shape index (κ1) is 13.8. The van der Waals surface area contributed by atoms with E-state index in [2.05, 4.69) is 5.32 Å². The number of nitrogens with one attached hydrogen (secondary N) is 1. The van der Waals surface area contributed by atoms with Crippen molar-refractivity contribution in [3.63, 3.8) is 0 Å². The quantitative estimate of drug-likeness (QED) is 0.822. The zero-order chi connectivity index (χ0) is 14.0. The van der Waals surface area contributed by atoms with E-state index < -0.39 is 11.6 Å². The molecule has 0 bridgehead atoms. The molecule has 1 atom stereocenters. The number of benzene rings is 1. The van der Waals surface area contributed by atoms with E-state index in [1.165, 1.54) is 0 Å². The standard InChI is InChI=1S/C13H15ClN2O3/c1-2-13(9-3-5-10(14)6-4-9)11(18)16(7-8-17)12(19)15-13/h3-6,17H,2,7-8H2,1H3,(H,15,19)/t13-/m1/s1. The van der Waals surface area contributed by atoms with Crippen molar-refractivity contribution < 1.29 is 14.7 Å². The summed E-state index contributed by atoms with van der Waals surface area (Å²) in [4.78, 5) is 25.3. The molecule has 1 aromatic carbocycles. The van der Waals surface area contributed by atoms with Crippen LogP contribution >= 0.6 is 11.6 Å². The van der Waals surface area contributed by atoms with Gasteiger partial charge in [0.2, 0.25) is 0 Å². The first-order valence-electron chi connectivity index (χ1n) is 6.06. The van der Waals surface area contributed by atoms with Crippen molar-refractivity contribution in [2.45, 2.75) is 18.9 Å². The van der Waals surface area contributed by atoms with Gasteiger partial charge in [-0.25, -0.2) is 4.79 Å².